The van der Waals surface area contributed by atoms with E-state index in [1.165, 1.54) is 12.1 Å². The summed E-state index contributed by atoms with van der Waals surface area (Å²) in [6.07, 6.45) is 0.394. The van der Waals surface area contributed by atoms with Gasteiger partial charge in [0.2, 0.25) is 17.7 Å². The van der Waals surface area contributed by atoms with Crippen molar-refractivity contribution in [1.82, 2.24) is 21.3 Å². The number of rotatable bonds is 12. The Labute approximate surface area is 240 Å². The summed E-state index contributed by atoms with van der Waals surface area (Å²) >= 11 is 0. The fourth-order valence-corrected chi connectivity index (χ4v) is 4.12. The van der Waals surface area contributed by atoms with Gasteiger partial charge in [0.25, 0.3) is 5.91 Å². The molecule has 4 amide bonds. The van der Waals surface area contributed by atoms with E-state index in [9.17, 15) is 23.6 Å². The van der Waals surface area contributed by atoms with Crippen LogP contribution in [0.2, 0.25) is 0 Å². The normalized spacial score (nSPS) is 11.7. The van der Waals surface area contributed by atoms with Gasteiger partial charge in [0.1, 0.15) is 11.9 Å². The summed E-state index contributed by atoms with van der Waals surface area (Å²) in [4.78, 5) is 50.8. The molecule has 0 aliphatic rings. The number of amides is 4. The maximum Gasteiger partial charge on any atom is 0.254 e. The highest BCUT2D eigenvalue weighted by atomic mass is 19.1. The Kier molecular flexibility index (Phi) is 11.1. The average Bonchev–Trinajstić information content (AvgIpc) is 2.94. The first kappa shape index (κ1) is 31.0. The number of aryl methyl sites for hydroxylation is 1. The van der Waals surface area contributed by atoms with Crippen LogP contribution in [-0.2, 0) is 20.8 Å². The van der Waals surface area contributed by atoms with Crippen molar-refractivity contribution in [3.05, 3.63) is 95.8 Å². The summed E-state index contributed by atoms with van der Waals surface area (Å²) in [6.45, 7) is 5.49. The zero-order valence-electron chi connectivity index (χ0n) is 23.6. The number of benzene rings is 3. The second-order valence-corrected chi connectivity index (χ2v) is 10.7. The van der Waals surface area contributed by atoms with Gasteiger partial charge in [-0.2, -0.15) is 0 Å². The van der Waals surface area contributed by atoms with Crippen LogP contribution in [0, 0.1) is 5.82 Å². The van der Waals surface area contributed by atoms with Crippen LogP contribution >= 0.6 is 0 Å². The molecule has 8 nitrogen and oxygen atoms in total. The smallest absolute Gasteiger partial charge is 0.254 e. The van der Waals surface area contributed by atoms with Gasteiger partial charge < -0.3 is 21.3 Å². The molecule has 0 aliphatic carbocycles. The molecule has 0 saturated carbocycles. The van der Waals surface area contributed by atoms with E-state index in [0.29, 0.717) is 12.0 Å². The van der Waals surface area contributed by atoms with E-state index in [2.05, 4.69) is 21.3 Å². The molecule has 0 spiro atoms. The molecule has 3 aromatic rings. The molecular formula is C32H37FN4O4. The third kappa shape index (κ3) is 10.5. The van der Waals surface area contributed by atoms with Gasteiger partial charge in [-0.1, -0.05) is 66.7 Å². The first-order chi connectivity index (χ1) is 19.5. The molecule has 9 heteroatoms. The van der Waals surface area contributed by atoms with Gasteiger partial charge in [0, 0.05) is 25.0 Å². The molecule has 0 heterocycles. The molecule has 216 valence electrons. The van der Waals surface area contributed by atoms with Gasteiger partial charge in [0.15, 0.2) is 0 Å². The molecule has 3 rings (SSSR count). The number of hydrogen-bond acceptors (Lipinski definition) is 4. The van der Waals surface area contributed by atoms with Gasteiger partial charge in [-0.25, -0.2) is 4.39 Å². The van der Waals surface area contributed by atoms with Crippen molar-refractivity contribution in [2.24, 2.45) is 0 Å². The summed E-state index contributed by atoms with van der Waals surface area (Å²) in [6, 6.07) is 22.0. The second-order valence-electron chi connectivity index (χ2n) is 10.7. The number of carbonyl (C=O) groups excluding carboxylic acids is 4. The minimum atomic E-state index is -1.10. The first-order valence-corrected chi connectivity index (χ1v) is 13.6. The Balaban J connectivity index is 1.55. The third-order valence-electron chi connectivity index (χ3n) is 6.07. The lowest BCUT2D eigenvalue weighted by Crippen LogP contribution is -2.51. The van der Waals surface area contributed by atoms with Crippen molar-refractivity contribution in [2.45, 2.75) is 51.6 Å². The molecule has 0 aromatic heterocycles. The fraction of sp³-hybridized carbons (Fsp3) is 0.312. The van der Waals surface area contributed by atoms with Gasteiger partial charge in [-0.15, -0.1) is 0 Å². The minimum Gasteiger partial charge on any atom is -0.353 e. The predicted octanol–water partition coefficient (Wildman–Crippen LogP) is 3.76. The largest absolute Gasteiger partial charge is 0.353 e. The van der Waals surface area contributed by atoms with Crippen molar-refractivity contribution in [3.63, 3.8) is 0 Å². The molecule has 41 heavy (non-hydrogen) atoms. The van der Waals surface area contributed by atoms with Crippen LogP contribution in [0.4, 0.5) is 4.39 Å². The van der Waals surface area contributed by atoms with Gasteiger partial charge in [-0.05, 0) is 56.0 Å². The second kappa shape index (κ2) is 14.7. The lowest BCUT2D eigenvalue weighted by Gasteiger charge is -2.23. The molecule has 1 atom stereocenters. The number of halogens is 1. The Hall–Kier alpha value is -4.53. The Morgan fingerprint density at radius 2 is 1.41 bits per heavy atom. The Morgan fingerprint density at radius 1 is 0.780 bits per heavy atom. The lowest BCUT2D eigenvalue weighted by atomic mass is 10.0. The fourth-order valence-electron chi connectivity index (χ4n) is 4.12. The highest BCUT2D eigenvalue weighted by Crippen LogP contribution is 2.22. The van der Waals surface area contributed by atoms with Crippen LogP contribution in [0.3, 0.4) is 0 Å². The Bertz CT molecular complexity index is 1340. The van der Waals surface area contributed by atoms with E-state index in [4.69, 9.17) is 0 Å². The van der Waals surface area contributed by atoms with Gasteiger partial charge in [-0.3, -0.25) is 19.2 Å². The monoisotopic (exact) mass is 560 g/mol. The summed E-state index contributed by atoms with van der Waals surface area (Å²) < 4.78 is 14.4. The number of carbonyl (C=O) groups is 4. The minimum absolute atomic E-state index is 0.0157. The summed E-state index contributed by atoms with van der Waals surface area (Å²) in [7, 11) is 0. The topological polar surface area (TPSA) is 116 Å². The maximum absolute atomic E-state index is 14.4. The molecule has 0 saturated heterocycles. The van der Waals surface area contributed by atoms with Crippen LogP contribution in [0.25, 0.3) is 11.1 Å². The van der Waals surface area contributed by atoms with Crippen molar-refractivity contribution in [2.75, 3.05) is 13.1 Å². The van der Waals surface area contributed by atoms with E-state index < -0.39 is 29.2 Å². The molecule has 0 aliphatic heterocycles. The van der Waals surface area contributed by atoms with E-state index in [1.54, 1.807) is 6.07 Å². The standard InChI is InChI=1S/C32H37FN4O4/c1-32(2,3)37-29(39)21-27(36-28(38)17-14-22-10-6-4-7-11-22)31(41)35-19-18-34-30(40)25-20-24(15-16-26(25)33)23-12-8-5-9-13-23/h4-13,15-16,20,27H,14,17-19,21H2,1-3H3,(H,34,40)(H,35,41)(H,36,38)(H,37,39)/t27-/m0/s1. The average molecular weight is 561 g/mol. The van der Waals surface area contributed by atoms with Crippen molar-refractivity contribution in [1.29, 1.82) is 0 Å². The molecule has 0 bridgehead atoms. The molecular weight excluding hydrogens is 523 g/mol. The van der Waals surface area contributed by atoms with Gasteiger partial charge in [0.05, 0.1) is 12.0 Å². The molecule has 4 N–H and O–H groups in total. The summed E-state index contributed by atoms with van der Waals surface area (Å²) in [5.74, 6) is -2.59. The number of hydrogen-bond donors (Lipinski definition) is 4. The SMILES string of the molecule is CC(C)(C)NC(=O)C[C@H](NC(=O)CCc1ccccc1)C(=O)NCCNC(=O)c1cc(-c2ccccc2)ccc1F. The Morgan fingerprint density at radius 3 is 2.07 bits per heavy atom. The molecule has 3 aromatic carbocycles. The summed E-state index contributed by atoms with van der Waals surface area (Å²) in [5, 5.41) is 10.7. The zero-order chi connectivity index (χ0) is 29.8. The quantitative estimate of drug-likeness (QED) is 0.253. The molecule has 0 unspecified atom stereocenters. The van der Waals surface area contributed by atoms with E-state index in [0.717, 1.165) is 11.1 Å². The van der Waals surface area contributed by atoms with Crippen LogP contribution < -0.4 is 21.3 Å². The number of nitrogens with one attached hydrogen (secondary N) is 4. The zero-order valence-corrected chi connectivity index (χ0v) is 23.6. The maximum atomic E-state index is 14.4. The lowest BCUT2D eigenvalue weighted by molar-refractivity contribution is -0.132. The van der Waals surface area contributed by atoms with E-state index >= 15 is 0 Å². The predicted molar refractivity (Wildman–Crippen MR) is 156 cm³/mol. The van der Waals surface area contributed by atoms with Crippen LogP contribution in [0.1, 0.15) is 49.5 Å². The van der Waals surface area contributed by atoms with Crippen molar-refractivity contribution in [3.8, 4) is 11.1 Å². The summed E-state index contributed by atoms with van der Waals surface area (Å²) in [5.41, 5.74) is 1.91. The van der Waals surface area contributed by atoms with Crippen LogP contribution in [0.15, 0.2) is 78.9 Å². The van der Waals surface area contributed by atoms with E-state index in [-0.39, 0.29) is 43.3 Å². The molecule has 0 radical (unpaired) electrons. The highest BCUT2D eigenvalue weighted by molar-refractivity contribution is 5.96. The van der Waals surface area contributed by atoms with Gasteiger partial charge >= 0.3 is 0 Å². The van der Waals surface area contributed by atoms with Crippen molar-refractivity contribution >= 4 is 23.6 Å². The first-order valence-electron chi connectivity index (χ1n) is 13.6. The van der Waals surface area contributed by atoms with Crippen molar-refractivity contribution < 1.29 is 23.6 Å². The molecule has 0 fully saturated rings. The highest BCUT2D eigenvalue weighted by Gasteiger charge is 2.25. The van der Waals surface area contributed by atoms with Crippen LogP contribution in [-0.4, -0.2) is 48.3 Å². The van der Waals surface area contributed by atoms with E-state index in [1.807, 2.05) is 81.4 Å². The third-order valence-corrected chi connectivity index (χ3v) is 6.07. The van der Waals surface area contributed by atoms with Crippen LogP contribution in [0.5, 0.6) is 0 Å².